The zero-order valence-corrected chi connectivity index (χ0v) is 19.1. The number of methoxy groups -OCH3 is 1. The molecule has 1 unspecified atom stereocenters. The van der Waals surface area contributed by atoms with Crippen molar-refractivity contribution in [3.8, 4) is 11.4 Å². The quantitative estimate of drug-likeness (QED) is 0.538. The summed E-state index contributed by atoms with van der Waals surface area (Å²) in [5.74, 6) is -0.0882. The number of benzene rings is 2. The molecule has 0 radical (unpaired) electrons. The first-order valence-corrected chi connectivity index (χ1v) is 11.2. The summed E-state index contributed by atoms with van der Waals surface area (Å²) >= 11 is 0. The summed E-state index contributed by atoms with van der Waals surface area (Å²) in [6.07, 6.45) is -1.68. The Hall–Kier alpha value is -3.33. The van der Waals surface area contributed by atoms with Crippen LogP contribution in [0.2, 0.25) is 0 Å². The maximum Gasteiger partial charge on any atom is 0.434 e. The Kier molecular flexibility index (Phi) is 6.92. The number of halogens is 3. The molecule has 180 valence electrons. The maximum absolute atomic E-state index is 14.0. The first-order chi connectivity index (χ1) is 16.3. The number of aryl methyl sites for hydroxylation is 1. The lowest BCUT2D eigenvalue weighted by atomic mass is 10.0. The highest BCUT2D eigenvalue weighted by molar-refractivity contribution is 5.95. The van der Waals surface area contributed by atoms with E-state index in [-0.39, 0.29) is 18.3 Å². The van der Waals surface area contributed by atoms with Crippen molar-refractivity contribution >= 4 is 5.91 Å². The lowest BCUT2D eigenvalue weighted by Crippen LogP contribution is -2.37. The molecule has 1 fully saturated rings. The van der Waals surface area contributed by atoms with Gasteiger partial charge in [0, 0.05) is 6.54 Å². The highest BCUT2D eigenvalue weighted by Gasteiger charge is 2.40. The number of nitrogens with one attached hydrogen (secondary N) is 1. The molecule has 1 aliphatic rings. The van der Waals surface area contributed by atoms with Gasteiger partial charge in [0.25, 0.3) is 5.91 Å². The summed E-state index contributed by atoms with van der Waals surface area (Å²) < 4.78 is 48.0. The first kappa shape index (κ1) is 23.8. The van der Waals surface area contributed by atoms with Crippen LogP contribution in [0.4, 0.5) is 13.2 Å². The van der Waals surface area contributed by atoms with Crippen molar-refractivity contribution < 1.29 is 22.7 Å². The number of likely N-dealkylation sites (tertiary alicyclic amines) is 1. The SMILES string of the molecule is COc1ccc(C(CNC(=O)c2cnn(-c3ccc(C)cc3)c2C(F)(F)F)N2CCCC2)cc1. The van der Waals surface area contributed by atoms with Gasteiger partial charge in [-0.05, 0) is 62.7 Å². The fourth-order valence-corrected chi connectivity index (χ4v) is 4.29. The van der Waals surface area contributed by atoms with Crippen molar-refractivity contribution in [3.05, 3.63) is 77.1 Å². The topological polar surface area (TPSA) is 59.4 Å². The van der Waals surface area contributed by atoms with E-state index >= 15 is 0 Å². The van der Waals surface area contributed by atoms with Crippen molar-refractivity contribution in [1.29, 1.82) is 0 Å². The smallest absolute Gasteiger partial charge is 0.434 e. The van der Waals surface area contributed by atoms with Gasteiger partial charge >= 0.3 is 6.18 Å². The Morgan fingerprint density at radius 3 is 2.32 bits per heavy atom. The standard InChI is InChI=1S/C25H27F3N4O2/c1-17-5-9-19(10-6-17)32-23(25(26,27)28)21(15-30-32)24(33)29-16-22(31-13-3-4-14-31)18-7-11-20(34-2)12-8-18/h5-12,15,22H,3-4,13-14,16H2,1-2H3,(H,29,33). The van der Waals surface area contributed by atoms with E-state index in [9.17, 15) is 18.0 Å². The van der Waals surface area contributed by atoms with Crippen molar-refractivity contribution in [1.82, 2.24) is 20.0 Å². The van der Waals surface area contributed by atoms with Crippen LogP contribution in [0.5, 0.6) is 5.75 Å². The molecular formula is C25H27F3N4O2. The number of nitrogens with zero attached hydrogens (tertiary/aromatic N) is 3. The number of alkyl halides is 3. The van der Waals surface area contributed by atoms with Crippen LogP contribution in [0.3, 0.4) is 0 Å². The van der Waals surface area contributed by atoms with Gasteiger partial charge in [0.1, 0.15) is 5.75 Å². The monoisotopic (exact) mass is 472 g/mol. The van der Waals surface area contributed by atoms with Gasteiger partial charge in [-0.3, -0.25) is 9.69 Å². The second kappa shape index (κ2) is 9.89. The summed E-state index contributed by atoms with van der Waals surface area (Å²) in [5, 5.41) is 6.62. The molecule has 0 aliphatic carbocycles. The Bertz CT molecular complexity index is 1120. The fourth-order valence-electron chi connectivity index (χ4n) is 4.29. The zero-order valence-electron chi connectivity index (χ0n) is 19.1. The van der Waals surface area contributed by atoms with E-state index in [0.717, 1.165) is 47.9 Å². The fraction of sp³-hybridized carbons (Fsp3) is 0.360. The lowest BCUT2D eigenvalue weighted by Gasteiger charge is -2.28. The van der Waals surface area contributed by atoms with Crippen LogP contribution in [-0.4, -0.2) is 47.3 Å². The van der Waals surface area contributed by atoms with Crippen LogP contribution in [-0.2, 0) is 6.18 Å². The van der Waals surface area contributed by atoms with Gasteiger partial charge in [0.2, 0.25) is 0 Å². The first-order valence-electron chi connectivity index (χ1n) is 11.2. The maximum atomic E-state index is 14.0. The molecule has 1 aliphatic heterocycles. The molecule has 1 amide bonds. The average Bonchev–Trinajstić information content (AvgIpc) is 3.50. The van der Waals surface area contributed by atoms with E-state index in [0.29, 0.717) is 5.75 Å². The number of amides is 1. The van der Waals surface area contributed by atoms with Gasteiger partial charge < -0.3 is 10.1 Å². The van der Waals surface area contributed by atoms with E-state index in [1.807, 2.05) is 31.2 Å². The summed E-state index contributed by atoms with van der Waals surface area (Å²) in [5.41, 5.74) is 0.535. The third-order valence-electron chi connectivity index (χ3n) is 6.10. The minimum Gasteiger partial charge on any atom is -0.497 e. The number of aromatic nitrogens is 2. The van der Waals surface area contributed by atoms with Crippen LogP contribution in [0, 0.1) is 6.92 Å². The molecule has 0 saturated carbocycles. The molecule has 34 heavy (non-hydrogen) atoms. The molecule has 1 aromatic heterocycles. The number of hydrogen-bond acceptors (Lipinski definition) is 4. The summed E-state index contributed by atoms with van der Waals surface area (Å²) in [7, 11) is 1.59. The normalized spacial score (nSPS) is 15.3. The van der Waals surface area contributed by atoms with E-state index in [1.54, 1.807) is 31.4 Å². The summed E-state index contributed by atoms with van der Waals surface area (Å²) in [6, 6.07) is 13.9. The molecule has 3 aromatic rings. The van der Waals surface area contributed by atoms with Gasteiger partial charge in [0.15, 0.2) is 5.69 Å². The van der Waals surface area contributed by atoms with Crippen LogP contribution in [0.15, 0.2) is 54.7 Å². The molecule has 2 aromatic carbocycles. The molecule has 1 saturated heterocycles. The highest BCUT2D eigenvalue weighted by atomic mass is 19.4. The predicted molar refractivity (Wildman–Crippen MR) is 122 cm³/mol. The third-order valence-corrected chi connectivity index (χ3v) is 6.10. The molecule has 0 bridgehead atoms. The van der Waals surface area contributed by atoms with E-state index in [1.165, 1.54) is 0 Å². The molecule has 9 heteroatoms. The number of carbonyl (C=O) groups is 1. The van der Waals surface area contributed by atoms with Crippen LogP contribution in [0.25, 0.3) is 5.69 Å². The van der Waals surface area contributed by atoms with Crippen LogP contribution < -0.4 is 10.1 Å². The van der Waals surface area contributed by atoms with Gasteiger partial charge in [-0.2, -0.15) is 18.3 Å². The second-order valence-electron chi connectivity index (χ2n) is 8.39. The largest absolute Gasteiger partial charge is 0.497 e. The number of carbonyl (C=O) groups excluding carboxylic acids is 1. The van der Waals surface area contributed by atoms with Gasteiger partial charge in [-0.25, -0.2) is 4.68 Å². The van der Waals surface area contributed by atoms with Crippen LogP contribution >= 0.6 is 0 Å². The minimum absolute atomic E-state index is 0.154. The van der Waals surface area contributed by atoms with Gasteiger partial charge in [-0.15, -0.1) is 0 Å². The lowest BCUT2D eigenvalue weighted by molar-refractivity contribution is -0.143. The minimum atomic E-state index is -4.75. The Morgan fingerprint density at radius 2 is 1.74 bits per heavy atom. The number of ether oxygens (including phenoxy) is 1. The zero-order chi connectivity index (χ0) is 24.3. The third kappa shape index (κ3) is 5.09. The molecule has 2 heterocycles. The second-order valence-corrected chi connectivity index (χ2v) is 8.39. The Labute approximate surface area is 196 Å². The average molecular weight is 473 g/mol. The Morgan fingerprint density at radius 1 is 1.09 bits per heavy atom. The molecular weight excluding hydrogens is 445 g/mol. The summed E-state index contributed by atoms with van der Waals surface area (Å²) in [4.78, 5) is 15.2. The number of rotatable bonds is 7. The van der Waals surface area contributed by atoms with Crippen molar-refractivity contribution in [2.24, 2.45) is 0 Å². The van der Waals surface area contributed by atoms with Gasteiger partial charge in [-0.1, -0.05) is 29.8 Å². The van der Waals surface area contributed by atoms with E-state index < -0.39 is 23.3 Å². The predicted octanol–water partition coefficient (Wildman–Crippen LogP) is 4.78. The van der Waals surface area contributed by atoms with Crippen molar-refractivity contribution in [3.63, 3.8) is 0 Å². The summed E-state index contributed by atoms with van der Waals surface area (Å²) in [6.45, 7) is 3.76. The van der Waals surface area contributed by atoms with E-state index in [2.05, 4.69) is 15.3 Å². The Balaban J connectivity index is 1.58. The number of hydrogen-bond donors (Lipinski definition) is 1. The van der Waals surface area contributed by atoms with E-state index in [4.69, 9.17) is 4.74 Å². The van der Waals surface area contributed by atoms with Gasteiger partial charge in [0.05, 0.1) is 30.6 Å². The molecule has 6 nitrogen and oxygen atoms in total. The van der Waals surface area contributed by atoms with Crippen molar-refractivity contribution in [2.75, 3.05) is 26.7 Å². The molecule has 0 spiro atoms. The molecule has 1 atom stereocenters. The molecule has 1 N–H and O–H groups in total. The highest BCUT2D eigenvalue weighted by Crippen LogP contribution is 2.34. The van der Waals surface area contributed by atoms with Crippen LogP contribution in [0.1, 0.15) is 46.1 Å². The molecule has 4 rings (SSSR count). The van der Waals surface area contributed by atoms with Crippen molar-refractivity contribution in [2.45, 2.75) is 32.0 Å².